The predicted molar refractivity (Wildman–Crippen MR) is 107 cm³/mol. The van der Waals surface area contributed by atoms with Crippen molar-refractivity contribution in [1.29, 1.82) is 0 Å². The van der Waals surface area contributed by atoms with Crippen molar-refractivity contribution in [2.45, 2.75) is 32.9 Å². The average Bonchev–Trinajstić information content (AvgIpc) is 2.71. The number of benzene rings is 2. The molecule has 0 aromatic heterocycles. The summed E-state index contributed by atoms with van der Waals surface area (Å²) in [6.45, 7) is 5.20. The number of nitrogens with zero attached hydrogens (tertiary/aromatic N) is 1. The highest BCUT2D eigenvalue weighted by molar-refractivity contribution is 5.97. The summed E-state index contributed by atoms with van der Waals surface area (Å²) < 4.78 is 10.5. The van der Waals surface area contributed by atoms with Crippen LogP contribution in [0.25, 0.3) is 0 Å². The Morgan fingerprint density at radius 2 is 1.72 bits per heavy atom. The minimum atomic E-state index is -0.870. The number of carbonyl (C=O) groups excluding carboxylic acids is 2. The first-order chi connectivity index (χ1) is 13.7. The van der Waals surface area contributed by atoms with Crippen LogP contribution in [0.4, 0.5) is 5.69 Å². The van der Waals surface area contributed by atoms with Crippen LogP contribution in [0.2, 0.25) is 0 Å². The molecule has 0 fully saturated rings. The molecular weight excluding hydrogens is 376 g/mol. The Morgan fingerprint density at radius 1 is 1.07 bits per heavy atom. The number of methoxy groups -OCH3 is 1. The Balaban J connectivity index is 2.09. The van der Waals surface area contributed by atoms with Crippen LogP contribution < -0.4 is 10.1 Å². The standard InChI is InChI=1S/C21H24N2O6/c1-13(2)19(22-20(24)15-8-10-18(28-4)11-9-15)21(25)29-14(3)16-6-5-7-17(12-16)23(26)27/h5-14,19H,1-4H3,(H,22,24)/t14-,19+/m1/s1. The number of nitrogens with one attached hydrogen (secondary N) is 1. The number of ether oxygens (including phenoxy) is 2. The first-order valence-electron chi connectivity index (χ1n) is 9.12. The zero-order valence-electron chi connectivity index (χ0n) is 16.7. The van der Waals surface area contributed by atoms with E-state index in [1.165, 1.54) is 25.3 Å². The van der Waals surface area contributed by atoms with Crippen LogP contribution >= 0.6 is 0 Å². The molecule has 2 atom stereocenters. The Bertz CT molecular complexity index is 879. The lowest BCUT2D eigenvalue weighted by atomic mass is 10.0. The molecule has 0 aliphatic rings. The first kappa shape index (κ1) is 21.9. The van der Waals surface area contributed by atoms with Crippen molar-refractivity contribution < 1.29 is 24.0 Å². The number of amides is 1. The van der Waals surface area contributed by atoms with Crippen LogP contribution in [0.15, 0.2) is 48.5 Å². The molecule has 0 aliphatic heterocycles. The highest BCUT2D eigenvalue weighted by Crippen LogP contribution is 2.23. The van der Waals surface area contributed by atoms with E-state index >= 15 is 0 Å². The smallest absolute Gasteiger partial charge is 0.329 e. The molecule has 2 rings (SSSR count). The van der Waals surface area contributed by atoms with Crippen molar-refractivity contribution in [3.8, 4) is 5.75 Å². The molecule has 154 valence electrons. The molecule has 0 saturated carbocycles. The van der Waals surface area contributed by atoms with Crippen molar-refractivity contribution in [3.63, 3.8) is 0 Å². The lowest BCUT2D eigenvalue weighted by Crippen LogP contribution is -2.45. The quantitative estimate of drug-likeness (QED) is 0.412. The Hall–Kier alpha value is -3.42. The van der Waals surface area contributed by atoms with Crippen molar-refractivity contribution in [2.75, 3.05) is 7.11 Å². The summed E-state index contributed by atoms with van der Waals surface area (Å²) in [5.41, 5.74) is 0.797. The van der Waals surface area contributed by atoms with E-state index in [1.54, 1.807) is 51.1 Å². The summed E-state index contributed by atoms with van der Waals surface area (Å²) in [6, 6.07) is 11.5. The topological polar surface area (TPSA) is 108 Å². The number of rotatable bonds is 8. The van der Waals surface area contributed by atoms with Gasteiger partial charge >= 0.3 is 5.97 Å². The number of nitro benzene ring substituents is 1. The molecule has 8 heteroatoms. The molecule has 2 aromatic rings. The largest absolute Gasteiger partial charge is 0.497 e. The van der Waals surface area contributed by atoms with E-state index in [9.17, 15) is 19.7 Å². The van der Waals surface area contributed by atoms with Gasteiger partial charge in [-0.15, -0.1) is 0 Å². The van der Waals surface area contributed by atoms with E-state index in [4.69, 9.17) is 9.47 Å². The third kappa shape index (κ3) is 5.78. The lowest BCUT2D eigenvalue weighted by Gasteiger charge is -2.23. The molecule has 0 spiro atoms. The summed E-state index contributed by atoms with van der Waals surface area (Å²) in [6.07, 6.45) is -0.707. The number of non-ortho nitro benzene ring substituents is 1. The van der Waals surface area contributed by atoms with E-state index in [2.05, 4.69) is 5.32 Å². The van der Waals surface area contributed by atoms with Gasteiger partial charge in [-0.1, -0.05) is 26.0 Å². The van der Waals surface area contributed by atoms with E-state index in [0.29, 0.717) is 16.9 Å². The van der Waals surface area contributed by atoms with Crippen molar-refractivity contribution in [2.24, 2.45) is 5.92 Å². The highest BCUT2D eigenvalue weighted by atomic mass is 16.6. The first-order valence-corrected chi connectivity index (χ1v) is 9.12. The maximum atomic E-state index is 12.7. The Morgan fingerprint density at radius 3 is 2.28 bits per heavy atom. The number of carbonyl (C=O) groups is 2. The molecule has 0 radical (unpaired) electrons. The van der Waals surface area contributed by atoms with Crippen LogP contribution in [-0.2, 0) is 9.53 Å². The monoisotopic (exact) mass is 400 g/mol. The molecule has 0 saturated heterocycles. The minimum absolute atomic E-state index is 0.0846. The number of nitro groups is 1. The Labute approximate surface area is 169 Å². The second kappa shape index (κ2) is 9.68. The lowest BCUT2D eigenvalue weighted by molar-refractivity contribution is -0.385. The maximum Gasteiger partial charge on any atom is 0.329 e. The molecule has 8 nitrogen and oxygen atoms in total. The van der Waals surface area contributed by atoms with E-state index in [1.807, 2.05) is 0 Å². The van der Waals surface area contributed by atoms with Crippen molar-refractivity contribution >= 4 is 17.6 Å². The zero-order chi connectivity index (χ0) is 21.6. The zero-order valence-corrected chi connectivity index (χ0v) is 16.7. The third-order valence-electron chi connectivity index (χ3n) is 4.40. The van der Waals surface area contributed by atoms with Gasteiger partial charge in [0.05, 0.1) is 12.0 Å². The number of hydrogen-bond acceptors (Lipinski definition) is 6. The van der Waals surface area contributed by atoms with Gasteiger partial charge in [0, 0.05) is 17.7 Å². The summed E-state index contributed by atoms with van der Waals surface area (Å²) in [5, 5.41) is 13.6. The summed E-state index contributed by atoms with van der Waals surface area (Å²) in [5.74, 6) is -0.624. The predicted octanol–water partition coefficient (Wildman–Crippen LogP) is 3.66. The summed E-state index contributed by atoms with van der Waals surface area (Å²) in [4.78, 5) is 35.6. The van der Waals surface area contributed by atoms with Gasteiger partial charge in [0.1, 0.15) is 17.9 Å². The van der Waals surface area contributed by atoms with Gasteiger partial charge < -0.3 is 14.8 Å². The Kier molecular flexibility index (Phi) is 7.30. The SMILES string of the molecule is COc1ccc(C(=O)N[C@H](C(=O)O[C@H](C)c2cccc([N+](=O)[O-])c2)C(C)C)cc1. The van der Waals surface area contributed by atoms with Crippen molar-refractivity contribution in [3.05, 3.63) is 69.8 Å². The van der Waals surface area contributed by atoms with E-state index in [-0.39, 0.29) is 11.6 Å². The molecule has 0 aliphatic carbocycles. The van der Waals surface area contributed by atoms with Gasteiger partial charge in [0.25, 0.3) is 11.6 Å². The molecule has 0 unspecified atom stereocenters. The highest BCUT2D eigenvalue weighted by Gasteiger charge is 2.28. The second-order valence-corrected chi connectivity index (χ2v) is 6.85. The van der Waals surface area contributed by atoms with Gasteiger partial charge in [-0.25, -0.2) is 4.79 Å². The van der Waals surface area contributed by atoms with Gasteiger partial charge in [-0.3, -0.25) is 14.9 Å². The van der Waals surface area contributed by atoms with Crippen LogP contribution in [0, 0.1) is 16.0 Å². The van der Waals surface area contributed by atoms with E-state index < -0.39 is 28.9 Å². The average molecular weight is 400 g/mol. The molecule has 1 N–H and O–H groups in total. The van der Waals surface area contributed by atoms with Gasteiger partial charge in [0.15, 0.2) is 0 Å². The molecule has 1 amide bonds. The van der Waals surface area contributed by atoms with Crippen LogP contribution in [0.5, 0.6) is 5.75 Å². The summed E-state index contributed by atoms with van der Waals surface area (Å²) >= 11 is 0. The molecular formula is C21H24N2O6. The second-order valence-electron chi connectivity index (χ2n) is 6.85. The van der Waals surface area contributed by atoms with E-state index in [0.717, 1.165) is 0 Å². The third-order valence-corrected chi connectivity index (χ3v) is 4.40. The van der Waals surface area contributed by atoms with Crippen molar-refractivity contribution in [1.82, 2.24) is 5.32 Å². The fraction of sp³-hybridized carbons (Fsp3) is 0.333. The number of hydrogen-bond donors (Lipinski definition) is 1. The van der Waals surface area contributed by atoms with Crippen LogP contribution in [-0.4, -0.2) is 30.0 Å². The normalized spacial score (nSPS) is 12.7. The fourth-order valence-electron chi connectivity index (χ4n) is 2.67. The van der Waals surface area contributed by atoms with Gasteiger partial charge in [-0.05, 0) is 42.7 Å². The van der Waals surface area contributed by atoms with Gasteiger partial charge in [0.2, 0.25) is 0 Å². The van der Waals surface area contributed by atoms with Crippen LogP contribution in [0.1, 0.15) is 42.8 Å². The van der Waals surface area contributed by atoms with Gasteiger partial charge in [-0.2, -0.15) is 0 Å². The number of esters is 1. The molecule has 29 heavy (non-hydrogen) atoms. The fourth-order valence-corrected chi connectivity index (χ4v) is 2.67. The molecule has 0 heterocycles. The van der Waals surface area contributed by atoms with Crippen LogP contribution in [0.3, 0.4) is 0 Å². The maximum absolute atomic E-state index is 12.7. The molecule has 2 aromatic carbocycles. The molecule has 0 bridgehead atoms. The minimum Gasteiger partial charge on any atom is -0.497 e. The summed E-state index contributed by atoms with van der Waals surface area (Å²) in [7, 11) is 1.53.